The van der Waals surface area contributed by atoms with E-state index in [1.807, 2.05) is 30.3 Å². The van der Waals surface area contributed by atoms with E-state index in [1.54, 1.807) is 29.6 Å². The fraction of sp³-hybridized carbons (Fsp3) is 0.390. The Morgan fingerprint density at radius 3 is 1.87 bits per heavy atom. The van der Waals surface area contributed by atoms with Gasteiger partial charge >= 0.3 is 27.7 Å². The number of benzene rings is 4. The monoisotopic (exact) mass is 744 g/mol. The van der Waals surface area contributed by atoms with Crippen LogP contribution in [0.25, 0.3) is 11.1 Å². The molecule has 4 aromatic carbocycles. The first-order valence-corrected chi connectivity index (χ1v) is 20.3. The average molecular weight is 746 g/mol. The Hall–Kier alpha value is -2.27. The second kappa shape index (κ2) is 19.5. The van der Waals surface area contributed by atoms with Gasteiger partial charge in [0, 0.05) is 11.1 Å². The number of aryl methyl sites for hydroxylation is 1. The zero-order chi connectivity index (χ0) is 32.7. The summed E-state index contributed by atoms with van der Waals surface area (Å²) >= 11 is 2.22. The number of rotatable bonds is 8. The molecule has 46 heavy (non-hydrogen) atoms. The standard InChI is InChI=1S/C28H39OP.C13H9O.ClH.Pd/c1-21(2)29-26-19-12-13-22(3)28(26)25-18-10-11-20-27(25)30(23-14-6-4-7-15-23)24-16-8-5-9-17-24;14-13(11-7-3-1-4-8-11)12-9-5-2-6-10-12;;/h10-13,18-21,23-24H,4-9,14-17H2,1-3H3;1,3-10H;1H;/q;-1;;+2/p-1. The minimum atomic E-state index is -0.137. The molecule has 0 spiro atoms. The molecule has 6 rings (SSSR count). The molecule has 0 amide bonds. The van der Waals surface area contributed by atoms with Crippen LogP contribution in [0.4, 0.5) is 0 Å². The van der Waals surface area contributed by atoms with Gasteiger partial charge < -0.3 is 4.74 Å². The molecule has 5 heteroatoms. The summed E-state index contributed by atoms with van der Waals surface area (Å²) < 4.78 is 6.31. The fourth-order valence-electron chi connectivity index (χ4n) is 6.95. The van der Waals surface area contributed by atoms with Crippen molar-refractivity contribution in [1.82, 2.24) is 0 Å². The summed E-state index contributed by atoms with van der Waals surface area (Å²) in [5.41, 5.74) is 7.37. The maximum atomic E-state index is 11.8. The normalized spacial score (nSPS) is 15.4. The Morgan fingerprint density at radius 1 is 0.739 bits per heavy atom. The maximum absolute atomic E-state index is 11.8. The van der Waals surface area contributed by atoms with Gasteiger partial charge in [-0.2, -0.15) is 30.3 Å². The van der Waals surface area contributed by atoms with E-state index in [1.165, 1.54) is 80.9 Å². The van der Waals surface area contributed by atoms with Crippen LogP contribution in [0.3, 0.4) is 0 Å². The summed E-state index contributed by atoms with van der Waals surface area (Å²) in [5, 5.41) is 1.66. The van der Waals surface area contributed by atoms with Crippen LogP contribution in [0, 0.1) is 13.0 Å². The quantitative estimate of drug-likeness (QED) is 0.0777. The Labute approximate surface area is 293 Å². The second-order valence-electron chi connectivity index (χ2n) is 12.6. The number of ether oxygens (including phenoxy) is 1. The Bertz CT molecular complexity index is 1410. The van der Waals surface area contributed by atoms with Crippen molar-refractivity contribution in [3.63, 3.8) is 0 Å². The fourth-order valence-corrected chi connectivity index (χ4v) is 10.9. The molecule has 0 heterocycles. The van der Waals surface area contributed by atoms with E-state index in [0.717, 1.165) is 22.6 Å². The molecule has 2 fully saturated rings. The summed E-state index contributed by atoms with van der Waals surface area (Å²) in [6.45, 7) is 6.52. The number of carbonyl (C=O) groups excluding carboxylic acids is 1. The van der Waals surface area contributed by atoms with Crippen LogP contribution < -0.4 is 10.0 Å². The Balaban J connectivity index is 0.000000250. The molecule has 2 saturated carbocycles. The predicted octanol–water partition coefficient (Wildman–Crippen LogP) is 11.6. The molecule has 2 nitrogen and oxygen atoms in total. The molecule has 2 aliphatic carbocycles. The SMILES string of the molecule is Cc1cccc(OC(C)C)c1-c1ccccc1P(C1CCCCC1)C1CCCCC1.O=C(c1cc[c-]cc1)c1ccccc1.[Cl][Pd+]. The molecular formula is C41H48ClO2PPd. The molecule has 0 aliphatic heterocycles. The second-order valence-corrected chi connectivity index (χ2v) is 15.4. The van der Waals surface area contributed by atoms with Gasteiger partial charge in [-0.1, -0.05) is 119 Å². The molecule has 0 radical (unpaired) electrons. The van der Waals surface area contributed by atoms with Crippen LogP contribution in [0.2, 0.25) is 0 Å². The van der Waals surface area contributed by atoms with E-state index < -0.39 is 0 Å². The van der Waals surface area contributed by atoms with E-state index in [4.69, 9.17) is 4.74 Å². The van der Waals surface area contributed by atoms with Crippen LogP contribution in [0.5, 0.6) is 5.75 Å². The Morgan fingerprint density at radius 2 is 1.28 bits per heavy atom. The molecular weight excluding hydrogens is 697 g/mol. The molecule has 246 valence electrons. The molecule has 4 aromatic rings. The summed E-state index contributed by atoms with van der Waals surface area (Å²) in [6, 6.07) is 35.1. The van der Waals surface area contributed by atoms with E-state index in [2.05, 4.69) is 97.0 Å². The van der Waals surface area contributed by atoms with Crippen molar-refractivity contribution in [2.75, 3.05) is 0 Å². The zero-order valence-corrected chi connectivity index (χ0v) is 30.7. The van der Waals surface area contributed by atoms with Gasteiger partial charge in [-0.3, -0.25) is 4.79 Å². The molecule has 0 unspecified atom stereocenters. The Kier molecular flexibility index (Phi) is 15.5. The van der Waals surface area contributed by atoms with Crippen molar-refractivity contribution in [1.29, 1.82) is 0 Å². The number of ketones is 1. The van der Waals surface area contributed by atoms with Gasteiger partial charge in [-0.15, -0.1) is 0 Å². The van der Waals surface area contributed by atoms with Crippen LogP contribution in [0.15, 0.2) is 97.1 Å². The first-order valence-electron chi connectivity index (χ1n) is 16.8. The van der Waals surface area contributed by atoms with Crippen LogP contribution in [-0.4, -0.2) is 23.2 Å². The summed E-state index contributed by atoms with van der Waals surface area (Å²) in [5.74, 6) is 1.11. The number of carbonyl (C=O) groups is 1. The summed E-state index contributed by atoms with van der Waals surface area (Å²) in [7, 11) is 4.35. The molecule has 0 N–H and O–H groups in total. The van der Waals surface area contributed by atoms with Gasteiger partial charge in [-0.25, -0.2) is 0 Å². The number of hydrogen-bond donors (Lipinski definition) is 0. The molecule has 2 aliphatic rings. The number of hydrogen-bond acceptors (Lipinski definition) is 2. The molecule has 0 atom stereocenters. The third kappa shape index (κ3) is 10.1. The van der Waals surface area contributed by atoms with Crippen molar-refractivity contribution < 1.29 is 27.7 Å². The van der Waals surface area contributed by atoms with E-state index in [-0.39, 0.29) is 19.8 Å². The number of halogens is 1. The van der Waals surface area contributed by atoms with Crippen molar-refractivity contribution in [3.8, 4) is 16.9 Å². The van der Waals surface area contributed by atoms with E-state index in [0.29, 0.717) is 5.56 Å². The third-order valence-corrected chi connectivity index (χ3v) is 12.6. The van der Waals surface area contributed by atoms with Gasteiger partial charge in [-0.05, 0) is 80.3 Å². The minimum absolute atomic E-state index is 0.0552. The van der Waals surface area contributed by atoms with Crippen molar-refractivity contribution >= 4 is 28.5 Å². The van der Waals surface area contributed by atoms with Crippen molar-refractivity contribution in [2.24, 2.45) is 0 Å². The van der Waals surface area contributed by atoms with Gasteiger partial charge in [0.2, 0.25) is 0 Å². The van der Waals surface area contributed by atoms with Crippen LogP contribution in [0.1, 0.15) is 99.5 Å². The van der Waals surface area contributed by atoms with Gasteiger partial charge in [0.1, 0.15) is 5.75 Å². The van der Waals surface area contributed by atoms with Gasteiger partial charge in [0.15, 0.2) is 5.78 Å². The molecule has 0 bridgehead atoms. The molecule has 0 aromatic heterocycles. The zero-order valence-electron chi connectivity index (χ0n) is 27.5. The topological polar surface area (TPSA) is 26.3 Å². The first-order chi connectivity index (χ1) is 22.5. The molecule has 0 saturated heterocycles. The third-order valence-electron chi connectivity index (χ3n) is 9.00. The van der Waals surface area contributed by atoms with Crippen molar-refractivity contribution in [3.05, 3.63) is 120 Å². The van der Waals surface area contributed by atoms with Crippen LogP contribution >= 0.6 is 17.5 Å². The van der Waals surface area contributed by atoms with E-state index >= 15 is 0 Å². The summed E-state index contributed by atoms with van der Waals surface area (Å²) in [4.78, 5) is 11.8. The summed E-state index contributed by atoms with van der Waals surface area (Å²) in [6.07, 6.45) is 14.6. The van der Waals surface area contributed by atoms with Gasteiger partial charge in [0.25, 0.3) is 0 Å². The van der Waals surface area contributed by atoms with E-state index in [9.17, 15) is 4.79 Å². The van der Waals surface area contributed by atoms with Crippen molar-refractivity contribution in [2.45, 2.75) is 102 Å². The predicted molar refractivity (Wildman–Crippen MR) is 194 cm³/mol. The van der Waals surface area contributed by atoms with Crippen LogP contribution in [-0.2, 0) is 18.2 Å². The first kappa shape index (κ1) is 36.6. The van der Waals surface area contributed by atoms with Gasteiger partial charge in [0.05, 0.1) is 6.10 Å². The average Bonchev–Trinajstić information content (AvgIpc) is 3.11.